The fourth-order valence-corrected chi connectivity index (χ4v) is 2.41. The highest BCUT2D eigenvalue weighted by atomic mass is 16.4. The minimum atomic E-state index is -0.994. The van der Waals surface area contributed by atoms with Gasteiger partial charge in [0.05, 0.1) is 5.92 Å². The van der Waals surface area contributed by atoms with Gasteiger partial charge in [0.2, 0.25) is 12.3 Å². The van der Waals surface area contributed by atoms with Gasteiger partial charge in [0, 0.05) is 20.1 Å². The van der Waals surface area contributed by atoms with Crippen molar-refractivity contribution in [1.82, 2.24) is 9.80 Å². The van der Waals surface area contributed by atoms with Crippen LogP contribution in [0.25, 0.3) is 0 Å². The van der Waals surface area contributed by atoms with Crippen molar-refractivity contribution in [2.45, 2.75) is 26.3 Å². The Morgan fingerprint density at radius 1 is 1.44 bits per heavy atom. The number of carboxylic acids is 1. The summed E-state index contributed by atoms with van der Waals surface area (Å²) in [7, 11) is 1.52. The minimum Gasteiger partial charge on any atom is -0.480 e. The molecule has 1 fully saturated rings. The number of carboxylic acid groups (broad SMARTS) is 1. The van der Waals surface area contributed by atoms with Crippen molar-refractivity contribution in [2.75, 3.05) is 20.1 Å². The second kappa shape index (κ2) is 5.84. The summed E-state index contributed by atoms with van der Waals surface area (Å²) in [6.45, 7) is 4.49. The third-order valence-corrected chi connectivity index (χ3v) is 3.37. The van der Waals surface area contributed by atoms with Crippen LogP contribution in [0, 0.1) is 11.8 Å². The molecular weight excluding hydrogens is 236 g/mol. The van der Waals surface area contributed by atoms with Gasteiger partial charge in [-0.15, -0.1) is 0 Å². The molecule has 0 saturated carbocycles. The zero-order chi connectivity index (χ0) is 13.9. The molecule has 1 N–H and O–H groups in total. The molecule has 102 valence electrons. The Morgan fingerprint density at radius 3 is 2.44 bits per heavy atom. The van der Waals surface area contributed by atoms with E-state index in [1.807, 2.05) is 0 Å². The van der Waals surface area contributed by atoms with Crippen LogP contribution in [-0.4, -0.2) is 59.4 Å². The number of hydrogen-bond donors (Lipinski definition) is 1. The van der Waals surface area contributed by atoms with E-state index in [2.05, 4.69) is 0 Å². The lowest BCUT2D eigenvalue weighted by Gasteiger charge is -2.29. The average Bonchev–Trinajstić information content (AvgIpc) is 2.75. The topological polar surface area (TPSA) is 77.9 Å². The molecule has 0 aromatic rings. The Labute approximate surface area is 107 Å². The van der Waals surface area contributed by atoms with E-state index >= 15 is 0 Å². The number of likely N-dealkylation sites (tertiary alicyclic amines) is 1. The minimum absolute atomic E-state index is 0.153. The van der Waals surface area contributed by atoms with Crippen LogP contribution in [0.5, 0.6) is 0 Å². The summed E-state index contributed by atoms with van der Waals surface area (Å²) in [5.41, 5.74) is 0. The molecule has 6 nitrogen and oxygen atoms in total. The van der Waals surface area contributed by atoms with Crippen LogP contribution in [-0.2, 0) is 14.4 Å². The highest BCUT2D eigenvalue weighted by Gasteiger charge is 2.35. The molecule has 1 aliphatic rings. The van der Waals surface area contributed by atoms with Crippen LogP contribution >= 0.6 is 0 Å². The molecule has 6 heteroatoms. The number of carbonyl (C=O) groups is 3. The Morgan fingerprint density at radius 2 is 2.06 bits per heavy atom. The second-order valence-corrected chi connectivity index (χ2v) is 5.06. The standard InChI is InChI=1S/C12H20N2O4/c1-8(2)10(12(17)18)13(3)11(16)9-4-5-14(6-9)7-15/h7-10H,4-6H2,1-3H3,(H,17,18)/t9-,10?/m0/s1. The molecular formula is C12H20N2O4. The van der Waals surface area contributed by atoms with Crippen molar-refractivity contribution in [2.24, 2.45) is 11.8 Å². The monoisotopic (exact) mass is 256 g/mol. The van der Waals surface area contributed by atoms with Crippen molar-refractivity contribution in [3.8, 4) is 0 Å². The third kappa shape index (κ3) is 3.00. The van der Waals surface area contributed by atoms with E-state index in [1.165, 1.54) is 11.9 Å². The number of rotatable bonds is 5. The molecule has 0 radical (unpaired) electrons. The fraction of sp³-hybridized carbons (Fsp3) is 0.750. The first kappa shape index (κ1) is 14.5. The predicted octanol–water partition coefficient (Wildman–Crippen LogP) is 0.0323. The van der Waals surface area contributed by atoms with Crippen LogP contribution in [0.15, 0.2) is 0 Å². The van der Waals surface area contributed by atoms with Gasteiger partial charge >= 0.3 is 5.97 Å². The largest absolute Gasteiger partial charge is 0.480 e. The van der Waals surface area contributed by atoms with Crippen LogP contribution in [0.2, 0.25) is 0 Å². The van der Waals surface area contributed by atoms with E-state index in [9.17, 15) is 14.4 Å². The Kier molecular flexibility index (Phi) is 4.69. The van der Waals surface area contributed by atoms with Gasteiger partial charge in [-0.05, 0) is 12.3 Å². The summed E-state index contributed by atoms with van der Waals surface area (Å²) in [4.78, 5) is 36.8. The molecule has 2 atom stereocenters. The lowest BCUT2D eigenvalue weighted by molar-refractivity contribution is -0.152. The molecule has 0 spiro atoms. The molecule has 2 amide bonds. The Balaban J connectivity index is 2.71. The normalized spacial score (nSPS) is 20.9. The molecule has 1 rings (SSSR count). The maximum absolute atomic E-state index is 12.2. The first-order valence-electron chi connectivity index (χ1n) is 6.07. The Hall–Kier alpha value is -1.59. The predicted molar refractivity (Wildman–Crippen MR) is 64.8 cm³/mol. The molecule has 18 heavy (non-hydrogen) atoms. The van der Waals surface area contributed by atoms with Gasteiger partial charge in [0.15, 0.2) is 0 Å². The van der Waals surface area contributed by atoms with Crippen LogP contribution in [0.3, 0.4) is 0 Å². The lowest BCUT2D eigenvalue weighted by atomic mass is 10.0. The van der Waals surface area contributed by atoms with E-state index < -0.39 is 12.0 Å². The van der Waals surface area contributed by atoms with Gasteiger partial charge in [-0.25, -0.2) is 4.79 Å². The number of amides is 2. The van der Waals surface area contributed by atoms with Crippen molar-refractivity contribution < 1.29 is 19.5 Å². The van der Waals surface area contributed by atoms with Crippen LogP contribution in [0.4, 0.5) is 0 Å². The fourth-order valence-electron chi connectivity index (χ4n) is 2.41. The second-order valence-electron chi connectivity index (χ2n) is 5.06. The summed E-state index contributed by atoms with van der Waals surface area (Å²) in [5.74, 6) is -1.62. The van der Waals surface area contributed by atoms with Gasteiger partial charge in [0.1, 0.15) is 6.04 Å². The van der Waals surface area contributed by atoms with Crippen molar-refractivity contribution >= 4 is 18.3 Å². The number of aliphatic carboxylic acids is 1. The summed E-state index contributed by atoms with van der Waals surface area (Å²) in [6.07, 6.45) is 1.33. The first-order valence-corrected chi connectivity index (χ1v) is 6.07. The van der Waals surface area contributed by atoms with Crippen LogP contribution < -0.4 is 0 Å². The molecule has 0 bridgehead atoms. The average molecular weight is 256 g/mol. The van der Waals surface area contributed by atoms with Crippen molar-refractivity contribution in [1.29, 1.82) is 0 Å². The summed E-state index contributed by atoms with van der Waals surface area (Å²) >= 11 is 0. The number of likely N-dealkylation sites (N-methyl/N-ethyl adjacent to an activating group) is 1. The number of nitrogens with zero attached hydrogens (tertiary/aromatic N) is 2. The van der Waals surface area contributed by atoms with E-state index in [0.717, 1.165) is 6.41 Å². The number of carbonyl (C=O) groups excluding carboxylic acids is 2. The molecule has 1 heterocycles. The maximum Gasteiger partial charge on any atom is 0.326 e. The van der Waals surface area contributed by atoms with Gasteiger partial charge < -0.3 is 14.9 Å². The lowest BCUT2D eigenvalue weighted by Crippen LogP contribution is -2.48. The molecule has 1 saturated heterocycles. The maximum atomic E-state index is 12.2. The summed E-state index contributed by atoms with van der Waals surface area (Å²) in [6, 6.07) is -0.817. The van der Waals surface area contributed by atoms with Crippen molar-refractivity contribution in [3.05, 3.63) is 0 Å². The van der Waals surface area contributed by atoms with Gasteiger partial charge in [-0.2, -0.15) is 0 Å². The highest BCUT2D eigenvalue weighted by Crippen LogP contribution is 2.20. The molecule has 0 aromatic carbocycles. The van der Waals surface area contributed by atoms with E-state index in [0.29, 0.717) is 19.5 Å². The first-order chi connectivity index (χ1) is 8.38. The molecule has 1 aliphatic heterocycles. The molecule has 1 unspecified atom stereocenters. The SMILES string of the molecule is CC(C)C(C(=O)O)N(C)C(=O)[C@H]1CCN(C=O)C1. The zero-order valence-electron chi connectivity index (χ0n) is 11.0. The molecule has 0 aromatic heterocycles. The van der Waals surface area contributed by atoms with E-state index in [4.69, 9.17) is 5.11 Å². The van der Waals surface area contributed by atoms with Gasteiger partial charge in [0.25, 0.3) is 0 Å². The van der Waals surface area contributed by atoms with E-state index in [1.54, 1.807) is 18.7 Å². The van der Waals surface area contributed by atoms with Gasteiger partial charge in [-0.3, -0.25) is 9.59 Å². The summed E-state index contributed by atoms with van der Waals surface area (Å²) < 4.78 is 0. The van der Waals surface area contributed by atoms with Crippen molar-refractivity contribution in [3.63, 3.8) is 0 Å². The quantitative estimate of drug-likeness (QED) is 0.704. The smallest absolute Gasteiger partial charge is 0.326 e. The highest BCUT2D eigenvalue weighted by molar-refractivity contribution is 5.85. The molecule has 0 aliphatic carbocycles. The Bertz CT molecular complexity index is 343. The zero-order valence-corrected chi connectivity index (χ0v) is 11.0. The van der Waals surface area contributed by atoms with Crippen LogP contribution in [0.1, 0.15) is 20.3 Å². The van der Waals surface area contributed by atoms with Gasteiger partial charge in [-0.1, -0.05) is 13.8 Å². The third-order valence-electron chi connectivity index (χ3n) is 3.37. The van der Waals surface area contributed by atoms with E-state index in [-0.39, 0.29) is 17.7 Å². The summed E-state index contributed by atoms with van der Waals surface area (Å²) in [5, 5.41) is 9.14. The number of hydrogen-bond acceptors (Lipinski definition) is 3.